The summed E-state index contributed by atoms with van der Waals surface area (Å²) in [6.45, 7) is 3.76. The second kappa shape index (κ2) is 14.7. The third-order valence-corrected chi connectivity index (χ3v) is 8.21. The Hall–Kier alpha value is -2.34. The summed E-state index contributed by atoms with van der Waals surface area (Å²) in [4.78, 5) is 26.5. The van der Waals surface area contributed by atoms with Gasteiger partial charge in [-0.3, -0.25) is 13.9 Å². The van der Waals surface area contributed by atoms with Gasteiger partial charge in [0, 0.05) is 37.9 Å². The van der Waals surface area contributed by atoms with Gasteiger partial charge < -0.3 is 28.8 Å². The van der Waals surface area contributed by atoms with E-state index in [1.165, 1.54) is 4.57 Å². The highest BCUT2D eigenvalue weighted by molar-refractivity contribution is 5.22. The number of aliphatic hydroxyl groups is 1. The molecule has 3 fully saturated rings. The zero-order valence-electron chi connectivity index (χ0n) is 24.1. The minimum absolute atomic E-state index is 0.0253. The Bertz CT molecular complexity index is 1210. The Morgan fingerprint density at radius 1 is 0.951 bits per heavy atom. The standard InChI is InChI=1S/C31H44N2O8/c1-22-19-33(31(36)32(30(22)35)15-5-2-8-23-11-13-24(20-34)14-12-23)27-18-25(41-29-10-4-7-17-38-29)26(40-27)21-39-28-9-3-6-16-37-28/h11-14,19,25-29,34H,2-10,15-18,20-21H2,1H3/t25-,26+,27+,28?,29?/m0/s1. The van der Waals surface area contributed by atoms with Crippen LogP contribution in [-0.2, 0) is 43.3 Å². The first kappa shape index (κ1) is 30.1. The SMILES string of the molecule is Cc1cn([C@H]2C[C@H](OC3CCCCO3)[C@@H](COC3CCCCO3)O2)c(=O)n(CCCCc2ccc(CO)cc2)c1=O. The molecule has 1 N–H and O–H groups in total. The van der Waals surface area contributed by atoms with Crippen molar-refractivity contribution in [1.29, 1.82) is 0 Å². The van der Waals surface area contributed by atoms with Crippen LogP contribution in [0.4, 0.5) is 0 Å². The zero-order valence-corrected chi connectivity index (χ0v) is 24.1. The molecule has 3 aliphatic heterocycles. The van der Waals surface area contributed by atoms with Gasteiger partial charge in [0.1, 0.15) is 12.3 Å². The second-order valence-electron chi connectivity index (χ2n) is 11.4. The molecule has 41 heavy (non-hydrogen) atoms. The summed E-state index contributed by atoms with van der Waals surface area (Å²) in [5.74, 6) is 0. The number of nitrogens with zero attached hydrogens (tertiary/aromatic N) is 2. The van der Waals surface area contributed by atoms with Gasteiger partial charge in [0.15, 0.2) is 12.6 Å². The lowest BCUT2D eigenvalue weighted by Crippen LogP contribution is -2.42. The predicted octanol–water partition coefficient (Wildman–Crippen LogP) is 3.58. The number of ether oxygens (including phenoxy) is 5. The maximum atomic E-state index is 13.6. The number of aromatic nitrogens is 2. The number of hydrogen-bond acceptors (Lipinski definition) is 8. The van der Waals surface area contributed by atoms with Gasteiger partial charge in [-0.05, 0) is 75.8 Å². The van der Waals surface area contributed by atoms with Crippen molar-refractivity contribution in [2.24, 2.45) is 0 Å². The van der Waals surface area contributed by atoms with Crippen molar-refractivity contribution in [3.63, 3.8) is 0 Å². The second-order valence-corrected chi connectivity index (χ2v) is 11.4. The van der Waals surface area contributed by atoms with Gasteiger partial charge in [-0.2, -0.15) is 0 Å². The fourth-order valence-corrected chi connectivity index (χ4v) is 5.79. The minimum Gasteiger partial charge on any atom is -0.392 e. The van der Waals surface area contributed by atoms with Gasteiger partial charge in [0.2, 0.25) is 0 Å². The number of aliphatic hydroxyl groups excluding tert-OH is 1. The molecule has 2 unspecified atom stereocenters. The van der Waals surface area contributed by atoms with E-state index in [0.29, 0.717) is 44.8 Å². The van der Waals surface area contributed by atoms with Crippen LogP contribution >= 0.6 is 0 Å². The third-order valence-electron chi connectivity index (χ3n) is 8.21. The van der Waals surface area contributed by atoms with Crippen LogP contribution in [0.25, 0.3) is 0 Å². The lowest BCUT2D eigenvalue weighted by atomic mass is 10.1. The van der Waals surface area contributed by atoms with Crippen LogP contribution in [0.1, 0.15) is 80.7 Å². The fraction of sp³-hybridized carbons (Fsp3) is 0.677. The molecular weight excluding hydrogens is 528 g/mol. The van der Waals surface area contributed by atoms with Crippen LogP contribution in [0.3, 0.4) is 0 Å². The number of rotatable bonds is 12. The molecule has 3 saturated heterocycles. The average Bonchev–Trinajstić information content (AvgIpc) is 3.40. The smallest absolute Gasteiger partial charge is 0.333 e. The highest BCUT2D eigenvalue weighted by Crippen LogP contribution is 2.33. The van der Waals surface area contributed by atoms with E-state index in [2.05, 4.69) is 0 Å². The van der Waals surface area contributed by atoms with E-state index in [-0.39, 0.29) is 42.6 Å². The van der Waals surface area contributed by atoms with E-state index in [1.807, 2.05) is 24.3 Å². The Kier molecular flexibility index (Phi) is 10.8. The molecule has 0 saturated carbocycles. The molecule has 2 aromatic rings. The lowest BCUT2D eigenvalue weighted by Gasteiger charge is -2.29. The molecule has 1 aromatic heterocycles. The average molecular weight is 573 g/mol. The molecule has 10 heteroatoms. The fourth-order valence-electron chi connectivity index (χ4n) is 5.79. The van der Waals surface area contributed by atoms with E-state index >= 15 is 0 Å². The van der Waals surface area contributed by atoms with Crippen molar-refractivity contribution in [2.75, 3.05) is 19.8 Å². The summed E-state index contributed by atoms with van der Waals surface area (Å²) in [5, 5.41) is 9.23. The van der Waals surface area contributed by atoms with E-state index in [1.54, 1.807) is 17.7 Å². The first-order valence-electron chi connectivity index (χ1n) is 15.2. The number of hydrogen-bond donors (Lipinski definition) is 1. The van der Waals surface area contributed by atoms with Gasteiger partial charge >= 0.3 is 5.69 Å². The van der Waals surface area contributed by atoms with E-state index in [9.17, 15) is 14.7 Å². The zero-order chi connectivity index (χ0) is 28.6. The molecule has 226 valence electrons. The Morgan fingerprint density at radius 3 is 2.34 bits per heavy atom. The number of aryl methyl sites for hydroxylation is 2. The highest BCUT2D eigenvalue weighted by atomic mass is 16.7. The summed E-state index contributed by atoms with van der Waals surface area (Å²) in [5.41, 5.74) is 1.90. The summed E-state index contributed by atoms with van der Waals surface area (Å²) >= 11 is 0. The molecule has 10 nitrogen and oxygen atoms in total. The maximum absolute atomic E-state index is 13.6. The molecule has 0 radical (unpaired) electrons. The van der Waals surface area contributed by atoms with Crippen LogP contribution in [-0.4, -0.2) is 58.8 Å². The lowest BCUT2D eigenvalue weighted by molar-refractivity contribution is -0.216. The van der Waals surface area contributed by atoms with E-state index < -0.39 is 6.23 Å². The molecule has 5 atom stereocenters. The Morgan fingerprint density at radius 2 is 1.66 bits per heavy atom. The molecule has 5 rings (SSSR count). The van der Waals surface area contributed by atoms with Crippen molar-refractivity contribution in [1.82, 2.24) is 9.13 Å². The van der Waals surface area contributed by atoms with Crippen LogP contribution in [0.15, 0.2) is 40.1 Å². The maximum Gasteiger partial charge on any atom is 0.333 e. The van der Waals surface area contributed by atoms with Crippen molar-refractivity contribution < 1.29 is 28.8 Å². The Balaban J connectivity index is 1.25. The number of unbranched alkanes of at least 4 members (excludes halogenated alkanes) is 1. The predicted molar refractivity (Wildman–Crippen MR) is 152 cm³/mol. The van der Waals surface area contributed by atoms with Gasteiger partial charge in [0.25, 0.3) is 5.56 Å². The third kappa shape index (κ3) is 7.94. The van der Waals surface area contributed by atoms with Crippen LogP contribution in [0.5, 0.6) is 0 Å². The molecule has 0 aliphatic carbocycles. The van der Waals surface area contributed by atoms with E-state index in [0.717, 1.165) is 62.5 Å². The normalized spacial score (nSPS) is 26.8. The van der Waals surface area contributed by atoms with Crippen LogP contribution < -0.4 is 11.2 Å². The van der Waals surface area contributed by atoms with Crippen molar-refractivity contribution in [3.05, 3.63) is 68.0 Å². The van der Waals surface area contributed by atoms with Crippen molar-refractivity contribution in [3.8, 4) is 0 Å². The van der Waals surface area contributed by atoms with Crippen molar-refractivity contribution in [2.45, 2.75) is 115 Å². The first-order chi connectivity index (χ1) is 20.0. The monoisotopic (exact) mass is 572 g/mol. The molecule has 0 amide bonds. The molecule has 0 bridgehead atoms. The quantitative estimate of drug-likeness (QED) is 0.385. The Labute approximate surface area is 241 Å². The largest absolute Gasteiger partial charge is 0.392 e. The van der Waals surface area contributed by atoms with Gasteiger partial charge in [-0.1, -0.05) is 24.3 Å². The van der Waals surface area contributed by atoms with Crippen LogP contribution in [0.2, 0.25) is 0 Å². The molecular formula is C31H44N2O8. The topological polar surface area (TPSA) is 110 Å². The first-order valence-corrected chi connectivity index (χ1v) is 15.2. The molecule has 1 aromatic carbocycles. The molecule has 3 aliphatic rings. The van der Waals surface area contributed by atoms with Gasteiger partial charge in [0.05, 0.1) is 19.3 Å². The summed E-state index contributed by atoms with van der Waals surface area (Å²) in [6, 6.07) is 7.84. The summed E-state index contributed by atoms with van der Waals surface area (Å²) in [6.07, 6.45) is 8.48. The minimum atomic E-state index is -0.576. The molecule has 0 spiro atoms. The van der Waals surface area contributed by atoms with E-state index in [4.69, 9.17) is 23.7 Å². The van der Waals surface area contributed by atoms with Gasteiger partial charge in [-0.25, -0.2) is 4.79 Å². The summed E-state index contributed by atoms with van der Waals surface area (Å²) < 4.78 is 33.2. The summed E-state index contributed by atoms with van der Waals surface area (Å²) in [7, 11) is 0. The van der Waals surface area contributed by atoms with Crippen LogP contribution in [0, 0.1) is 6.92 Å². The number of benzene rings is 1. The van der Waals surface area contributed by atoms with Gasteiger partial charge in [-0.15, -0.1) is 0 Å². The molecule has 4 heterocycles. The highest BCUT2D eigenvalue weighted by Gasteiger charge is 2.40. The van der Waals surface area contributed by atoms with Crippen molar-refractivity contribution >= 4 is 0 Å².